The van der Waals surface area contributed by atoms with Crippen LogP contribution in [0.4, 0.5) is 5.69 Å². The van der Waals surface area contributed by atoms with Crippen molar-refractivity contribution in [3.8, 4) is 17.2 Å². The zero-order valence-electron chi connectivity index (χ0n) is 30.6. The van der Waals surface area contributed by atoms with Crippen LogP contribution in [0.25, 0.3) is 0 Å². The van der Waals surface area contributed by atoms with Gasteiger partial charge in [-0.1, -0.05) is 41.9 Å². The molecule has 0 radical (unpaired) electrons. The van der Waals surface area contributed by atoms with E-state index < -0.39 is 10.0 Å². The Kier molecular flexibility index (Phi) is 10.9. The molecule has 0 aromatic heterocycles. The largest absolute Gasteiger partial charge is 0.497 e. The third kappa shape index (κ3) is 8.00. The molecule has 0 unspecified atom stereocenters. The third-order valence-electron chi connectivity index (χ3n) is 11.2. The van der Waals surface area contributed by atoms with Crippen LogP contribution in [-0.2, 0) is 44.5 Å². The monoisotopic (exact) mass is 758 g/mol. The van der Waals surface area contributed by atoms with E-state index >= 15 is 0 Å². The Balaban J connectivity index is 1.26. The summed E-state index contributed by atoms with van der Waals surface area (Å²) in [5, 5.41) is 0.724. The van der Waals surface area contributed by atoms with Gasteiger partial charge in [-0.05, 0) is 121 Å². The van der Waals surface area contributed by atoms with Crippen LogP contribution >= 0.6 is 11.6 Å². The minimum atomic E-state index is -4.02. The Morgan fingerprint density at radius 3 is 2.17 bits per heavy atom. The van der Waals surface area contributed by atoms with Gasteiger partial charge >= 0.3 is 5.97 Å². The molecule has 11 heteroatoms. The van der Waals surface area contributed by atoms with Crippen LogP contribution in [0.3, 0.4) is 0 Å². The van der Waals surface area contributed by atoms with E-state index in [1.807, 2.05) is 60.7 Å². The van der Waals surface area contributed by atoms with Gasteiger partial charge in [0.25, 0.3) is 0 Å². The van der Waals surface area contributed by atoms with E-state index in [9.17, 15) is 13.2 Å². The molecule has 0 bridgehead atoms. The number of rotatable bonds is 12. The molecule has 0 amide bonds. The van der Waals surface area contributed by atoms with E-state index in [0.717, 1.165) is 53.9 Å². The number of anilines is 1. The molecular weight excluding hydrogens is 712 g/mol. The van der Waals surface area contributed by atoms with Crippen molar-refractivity contribution in [2.24, 2.45) is 11.8 Å². The Labute approximate surface area is 317 Å². The fourth-order valence-electron chi connectivity index (χ4n) is 8.10. The van der Waals surface area contributed by atoms with Crippen LogP contribution in [0.15, 0.2) is 89.8 Å². The molecule has 280 valence electrons. The first kappa shape index (κ1) is 37.1. The highest BCUT2D eigenvalue weighted by Crippen LogP contribution is 2.47. The summed E-state index contributed by atoms with van der Waals surface area (Å²) >= 11 is 6.47. The molecule has 2 aliphatic carbocycles. The predicted octanol–water partition coefficient (Wildman–Crippen LogP) is 7.81. The molecule has 3 atom stereocenters. The van der Waals surface area contributed by atoms with Crippen LogP contribution in [0.2, 0.25) is 5.02 Å². The van der Waals surface area contributed by atoms with Crippen LogP contribution in [-0.4, -0.2) is 59.2 Å². The highest BCUT2D eigenvalue weighted by Gasteiger charge is 2.44. The molecule has 1 spiro atoms. The number of hydrogen-bond donors (Lipinski definition) is 0. The molecule has 4 aromatic rings. The van der Waals surface area contributed by atoms with E-state index in [1.54, 1.807) is 26.4 Å². The maximum Gasteiger partial charge on any atom is 0.302 e. The molecule has 0 saturated heterocycles. The highest BCUT2D eigenvalue weighted by molar-refractivity contribution is 7.89. The first-order chi connectivity index (χ1) is 25.6. The predicted molar refractivity (Wildman–Crippen MR) is 205 cm³/mol. The van der Waals surface area contributed by atoms with Gasteiger partial charge in [0, 0.05) is 43.5 Å². The van der Waals surface area contributed by atoms with Crippen molar-refractivity contribution in [2.75, 3.05) is 45.4 Å². The van der Waals surface area contributed by atoms with Gasteiger partial charge < -0.3 is 23.8 Å². The lowest BCUT2D eigenvalue weighted by molar-refractivity contribution is -0.144. The second kappa shape index (κ2) is 15.6. The lowest BCUT2D eigenvalue weighted by Crippen LogP contribution is -2.48. The highest BCUT2D eigenvalue weighted by atomic mass is 35.5. The van der Waals surface area contributed by atoms with Gasteiger partial charge in [0.1, 0.15) is 17.2 Å². The second-order valence-electron chi connectivity index (χ2n) is 14.6. The number of fused-ring (bicyclic) bond motifs is 3. The number of carbonyl (C=O) groups is 1. The lowest BCUT2D eigenvalue weighted by Gasteiger charge is -2.44. The summed E-state index contributed by atoms with van der Waals surface area (Å²) in [6, 6.07) is 26.4. The Hall–Kier alpha value is -4.25. The van der Waals surface area contributed by atoms with Gasteiger partial charge in [0.15, 0.2) is 0 Å². The molecule has 0 N–H and O–H groups in total. The maximum absolute atomic E-state index is 14.8. The summed E-state index contributed by atoms with van der Waals surface area (Å²) in [6.45, 7) is 4.00. The number of hydrogen-bond acceptors (Lipinski definition) is 8. The van der Waals surface area contributed by atoms with E-state index in [0.29, 0.717) is 43.6 Å². The zero-order valence-corrected chi connectivity index (χ0v) is 32.1. The number of aryl methyl sites for hydroxylation is 1. The first-order valence-corrected chi connectivity index (χ1v) is 20.1. The van der Waals surface area contributed by atoms with Gasteiger partial charge in [-0.15, -0.1) is 0 Å². The average Bonchev–Trinajstić information content (AvgIpc) is 3.30. The summed E-state index contributed by atoms with van der Waals surface area (Å²) in [7, 11) is -0.802. The molecule has 1 aliphatic heterocycles. The fraction of sp³-hybridized carbons (Fsp3) is 0.405. The number of benzene rings is 4. The Bertz CT molecular complexity index is 1990. The van der Waals surface area contributed by atoms with Crippen molar-refractivity contribution in [3.63, 3.8) is 0 Å². The minimum Gasteiger partial charge on any atom is -0.497 e. The summed E-state index contributed by atoms with van der Waals surface area (Å²) in [6.07, 6.45) is 4.90. The standard InChI is InChI=1S/C42H47ClN2O7S/c1-29(46)51-26-34-11-10-33(34)25-44-27-42(20-4-5-32-21-35(43)12-18-39(32)42)28-52-41-19-17-38(22-40(41)44)53(47,48)45(23-30-6-13-36(49-2)14-7-30)24-31-8-15-37(50-3)16-9-31/h6-9,12-19,21-22,33-34H,4-5,10-11,20,23-28H2,1-3H3/t33-,34-,42-/m0/s1. The molecule has 1 heterocycles. The van der Waals surface area contributed by atoms with Crippen LogP contribution in [0, 0.1) is 11.8 Å². The summed E-state index contributed by atoms with van der Waals surface area (Å²) in [4.78, 5) is 14.2. The molecule has 53 heavy (non-hydrogen) atoms. The topological polar surface area (TPSA) is 94.6 Å². The number of nitrogens with zero attached hydrogens (tertiary/aromatic N) is 2. The molecule has 9 nitrogen and oxygen atoms in total. The summed E-state index contributed by atoms with van der Waals surface area (Å²) < 4.78 is 54.0. The summed E-state index contributed by atoms with van der Waals surface area (Å²) in [5.41, 5.74) is 4.62. The Morgan fingerprint density at radius 1 is 0.906 bits per heavy atom. The van der Waals surface area contributed by atoms with Gasteiger partial charge in [-0.25, -0.2) is 8.42 Å². The van der Waals surface area contributed by atoms with Crippen molar-refractivity contribution >= 4 is 33.3 Å². The Morgan fingerprint density at radius 2 is 1.57 bits per heavy atom. The molecule has 1 saturated carbocycles. The van der Waals surface area contributed by atoms with E-state index in [1.165, 1.54) is 22.4 Å². The van der Waals surface area contributed by atoms with Gasteiger partial charge in [0.05, 0.1) is 38.0 Å². The average molecular weight is 759 g/mol. The molecule has 1 fully saturated rings. The van der Waals surface area contributed by atoms with E-state index in [2.05, 4.69) is 17.0 Å². The van der Waals surface area contributed by atoms with Gasteiger partial charge in [-0.3, -0.25) is 4.79 Å². The third-order valence-corrected chi connectivity index (χ3v) is 13.2. The van der Waals surface area contributed by atoms with E-state index in [-0.39, 0.29) is 41.2 Å². The van der Waals surface area contributed by atoms with Crippen molar-refractivity contribution < 1.29 is 32.2 Å². The van der Waals surface area contributed by atoms with Crippen LogP contribution < -0.4 is 19.1 Å². The fourth-order valence-corrected chi connectivity index (χ4v) is 9.74. The number of halogens is 1. The molecule has 4 aromatic carbocycles. The number of methoxy groups -OCH3 is 2. The minimum absolute atomic E-state index is 0.165. The molecule has 3 aliphatic rings. The molecule has 7 rings (SSSR count). The lowest BCUT2D eigenvalue weighted by atomic mass is 9.69. The smallest absolute Gasteiger partial charge is 0.302 e. The van der Waals surface area contributed by atoms with Crippen molar-refractivity contribution in [2.45, 2.75) is 62.4 Å². The van der Waals surface area contributed by atoms with E-state index in [4.69, 9.17) is 30.5 Å². The van der Waals surface area contributed by atoms with Crippen LogP contribution in [0.5, 0.6) is 17.2 Å². The van der Waals surface area contributed by atoms with Gasteiger partial charge in [0.2, 0.25) is 10.0 Å². The first-order valence-electron chi connectivity index (χ1n) is 18.3. The second-order valence-corrected chi connectivity index (χ2v) is 17.0. The van der Waals surface area contributed by atoms with Crippen molar-refractivity contribution in [3.05, 3.63) is 112 Å². The van der Waals surface area contributed by atoms with Gasteiger partial charge in [-0.2, -0.15) is 4.31 Å². The normalized spacial score (nSPS) is 20.8. The van der Waals surface area contributed by atoms with Crippen molar-refractivity contribution in [1.82, 2.24) is 4.31 Å². The SMILES string of the molecule is COc1ccc(CN(Cc2ccc(OC)cc2)S(=O)(=O)c2ccc3c(c2)N(C[C@@H]2CC[C@H]2COC(C)=O)C[C@@]2(CCCc4cc(Cl)ccc42)CO3)cc1. The number of carbonyl (C=O) groups excluding carboxylic acids is 1. The number of sulfonamides is 1. The van der Waals surface area contributed by atoms with Crippen molar-refractivity contribution in [1.29, 1.82) is 0 Å². The zero-order chi connectivity index (χ0) is 37.2. The number of ether oxygens (including phenoxy) is 4. The quantitative estimate of drug-likeness (QED) is 0.135. The van der Waals surface area contributed by atoms with Crippen LogP contribution in [0.1, 0.15) is 54.9 Å². The maximum atomic E-state index is 14.8. The molecular formula is C42H47ClN2O7S. The number of esters is 1. The summed E-state index contributed by atoms with van der Waals surface area (Å²) in [5.74, 6) is 2.32.